The number of benzene rings is 2. The number of carbonyl (C=O) groups is 1. The van der Waals surface area contributed by atoms with Gasteiger partial charge in [0.05, 0.1) is 11.3 Å². The number of carboxylic acid groups (broad SMARTS) is 1. The Morgan fingerprint density at radius 3 is 2.27 bits per heavy atom. The van der Waals surface area contributed by atoms with Crippen molar-refractivity contribution in [1.29, 1.82) is 0 Å². The van der Waals surface area contributed by atoms with Gasteiger partial charge in [-0.05, 0) is 24.3 Å². The van der Waals surface area contributed by atoms with E-state index >= 15 is 0 Å². The zero-order valence-corrected chi connectivity index (χ0v) is 12.3. The molecule has 0 unspecified atom stereocenters. The highest BCUT2D eigenvalue weighted by molar-refractivity contribution is 7.99. The van der Waals surface area contributed by atoms with E-state index in [9.17, 15) is 9.90 Å². The number of aromatic carboxylic acids is 1. The van der Waals surface area contributed by atoms with Crippen LogP contribution in [0.4, 0.5) is 0 Å². The fourth-order valence-corrected chi connectivity index (χ4v) is 2.84. The molecule has 0 atom stereocenters. The highest BCUT2D eigenvalue weighted by atomic mass is 32.2. The molecule has 2 aromatic carbocycles. The summed E-state index contributed by atoms with van der Waals surface area (Å²) in [4.78, 5) is 11.9. The monoisotopic (exact) mass is 308 g/mol. The minimum Gasteiger partial charge on any atom is -0.478 e. The summed E-state index contributed by atoms with van der Waals surface area (Å²) in [5.74, 6) is -0.947. The van der Waals surface area contributed by atoms with Crippen molar-refractivity contribution in [2.75, 3.05) is 0 Å². The molecule has 1 heterocycles. The van der Waals surface area contributed by atoms with Crippen molar-refractivity contribution in [2.24, 2.45) is 0 Å². The zero-order valence-electron chi connectivity index (χ0n) is 11.5. The van der Waals surface area contributed by atoms with Crippen molar-refractivity contribution in [2.45, 2.75) is 9.92 Å². The maximum Gasteiger partial charge on any atom is 0.336 e. The SMILES string of the molecule is O=C(O)c1ccccc1Sc1ccc(-c2ccccc2)nn1. The second kappa shape index (κ2) is 6.41. The summed E-state index contributed by atoms with van der Waals surface area (Å²) in [6, 6.07) is 20.4. The fourth-order valence-electron chi connectivity index (χ4n) is 1.98. The molecule has 0 spiro atoms. The smallest absolute Gasteiger partial charge is 0.336 e. The van der Waals surface area contributed by atoms with Crippen LogP contribution in [0.1, 0.15) is 10.4 Å². The van der Waals surface area contributed by atoms with Crippen LogP contribution in [0, 0.1) is 0 Å². The summed E-state index contributed by atoms with van der Waals surface area (Å²) in [6.07, 6.45) is 0. The van der Waals surface area contributed by atoms with Gasteiger partial charge in [0.15, 0.2) is 0 Å². The van der Waals surface area contributed by atoms with Gasteiger partial charge >= 0.3 is 5.97 Å². The number of hydrogen-bond acceptors (Lipinski definition) is 4. The number of rotatable bonds is 4. The van der Waals surface area contributed by atoms with Gasteiger partial charge in [-0.3, -0.25) is 0 Å². The van der Waals surface area contributed by atoms with E-state index in [2.05, 4.69) is 10.2 Å². The third-order valence-corrected chi connectivity index (χ3v) is 4.04. The molecule has 0 saturated heterocycles. The van der Waals surface area contributed by atoms with Gasteiger partial charge in [-0.2, -0.15) is 0 Å². The van der Waals surface area contributed by atoms with Crippen molar-refractivity contribution in [3.63, 3.8) is 0 Å². The molecule has 0 saturated carbocycles. The first kappa shape index (κ1) is 14.3. The molecule has 3 aromatic rings. The Bertz CT molecular complexity index is 789. The van der Waals surface area contributed by atoms with Crippen LogP contribution in [0.25, 0.3) is 11.3 Å². The first-order valence-electron chi connectivity index (χ1n) is 6.63. The van der Waals surface area contributed by atoms with Crippen molar-refractivity contribution in [3.8, 4) is 11.3 Å². The number of nitrogens with zero attached hydrogens (tertiary/aromatic N) is 2. The molecule has 0 aliphatic heterocycles. The normalized spacial score (nSPS) is 10.4. The lowest BCUT2D eigenvalue weighted by Crippen LogP contribution is -1.98. The predicted molar refractivity (Wildman–Crippen MR) is 85.0 cm³/mol. The van der Waals surface area contributed by atoms with Crippen LogP contribution in [-0.2, 0) is 0 Å². The predicted octanol–water partition coefficient (Wildman–Crippen LogP) is 3.99. The molecule has 3 rings (SSSR count). The Hall–Kier alpha value is -2.66. The maximum atomic E-state index is 11.2. The van der Waals surface area contributed by atoms with Crippen LogP contribution in [-0.4, -0.2) is 21.3 Å². The van der Waals surface area contributed by atoms with Crippen molar-refractivity contribution >= 4 is 17.7 Å². The van der Waals surface area contributed by atoms with Gasteiger partial charge in [0.2, 0.25) is 0 Å². The number of hydrogen-bond donors (Lipinski definition) is 1. The molecule has 0 fully saturated rings. The largest absolute Gasteiger partial charge is 0.478 e. The summed E-state index contributed by atoms with van der Waals surface area (Å²) >= 11 is 1.29. The molecule has 22 heavy (non-hydrogen) atoms. The van der Waals surface area contributed by atoms with Gasteiger partial charge in [-0.1, -0.05) is 54.2 Å². The van der Waals surface area contributed by atoms with E-state index in [-0.39, 0.29) is 5.56 Å². The van der Waals surface area contributed by atoms with Crippen LogP contribution < -0.4 is 0 Å². The molecular weight excluding hydrogens is 296 g/mol. The van der Waals surface area contributed by atoms with Gasteiger partial charge in [-0.15, -0.1) is 10.2 Å². The van der Waals surface area contributed by atoms with E-state index < -0.39 is 5.97 Å². The van der Waals surface area contributed by atoms with Crippen LogP contribution >= 0.6 is 11.8 Å². The topological polar surface area (TPSA) is 63.1 Å². The summed E-state index contributed by atoms with van der Waals surface area (Å²) in [6.45, 7) is 0. The second-order valence-electron chi connectivity index (χ2n) is 4.53. The van der Waals surface area contributed by atoms with E-state index in [4.69, 9.17) is 0 Å². The van der Waals surface area contributed by atoms with Gasteiger partial charge in [0.25, 0.3) is 0 Å². The van der Waals surface area contributed by atoms with E-state index in [1.807, 2.05) is 42.5 Å². The van der Waals surface area contributed by atoms with Gasteiger partial charge in [0.1, 0.15) is 5.03 Å². The third kappa shape index (κ3) is 3.15. The maximum absolute atomic E-state index is 11.2. The molecule has 1 N–H and O–H groups in total. The average Bonchev–Trinajstić information content (AvgIpc) is 2.57. The van der Waals surface area contributed by atoms with Crippen LogP contribution in [0.2, 0.25) is 0 Å². The van der Waals surface area contributed by atoms with E-state index in [0.717, 1.165) is 11.3 Å². The molecule has 108 valence electrons. The van der Waals surface area contributed by atoms with E-state index in [1.54, 1.807) is 24.3 Å². The first-order valence-corrected chi connectivity index (χ1v) is 7.45. The lowest BCUT2D eigenvalue weighted by Gasteiger charge is -2.05. The fraction of sp³-hybridized carbons (Fsp3) is 0. The molecule has 0 aliphatic carbocycles. The average molecular weight is 308 g/mol. The number of carboxylic acids is 1. The standard InChI is InChI=1S/C17H12N2O2S/c20-17(21)13-8-4-5-9-15(13)22-16-11-10-14(18-19-16)12-6-2-1-3-7-12/h1-11H,(H,20,21). The molecule has 5 heteroatoms. The van der Waals surface area contributed by atoms with Gasteiger partial charge in [-0.25, -0.2) is 4.79 Å². The Kier molecular flexibility index (Phi) is 4.16. The Labute approximate surface area is 131 Å². The molecule has 0 radical (unpaired) electrons. The van der Waals surface area contributed by atoms with Crippen LogP contribution in [0.5, 0.6) is 0 Å². The molecule has 0 bridgehead atoms. The lowest BCUT2D eigenvalue weighted by molar-refractivity contribution is 0.0693. The zero-order chi connectivity index (χ0) is 15.4. The van der Waals surface area contributed by atoms with E-state index in [1.165, 1.54) is 11.8 Å². The third-order valence-electron chi connectivity index (χ3n) is 3.04. The highest BCUT2D eigenvalue weighted by Crippen LogP contribution is 2.29. The highest BCUT2D eigenvalue weighted by Gasteiger charge is 2.11. The molecular formula is C17H12N2O2S. The molecule has 1 aromatic heterocycles. The minimum absolute atomic E-state index is 0.265. The van der Waals surface area contributed by atoms with Crippen LogP contribution in [0.3, 0.4) is 0 Å². The Morgan fingerprint density at radius 1 is 0.864 bits per heavy atom. The molecule has 4 nitrogen and oxygen atoms in total. The van der Waals surface area contributed by atoms with Crippen molar-refractivity contribution in [1.82, 2.24) is 10.2 Å². The number of aromatic nitrogens is 2. The summed E-state index contributed by atoms with van der Waals surface area (Å²) in [5, 5.41) is 18.2. The second-order valence-corrected chi connectivity index (χ2v) is 5.59. The van der Waals surface area contributed by atoms with Crippen molar-refractivity contribution in [3.05, 3.63) is 72.3 Å². The quantitative estimate of drug-likeness (QED) is 0.789. The van der Waals surface area contributed by atoms with Crippen molar-refractivity contribution < 1.29 is 9.90 Å². The van der Waals surface area contributed by atoms with E-state index in [0.29, 0.717) is 9.92 Å². The Balaban J connectivity index is 1.84. The summed E-state index contributed by atoms with van der Waals surface area (Å²) in [5.41, 5.74) is 2.05. The van der Waals surface area contributed by atoms with Gasteiger partial charge in [0, 0.05) is 10.5 Å². The van der Waals surface area contributed by atoms with Gasteiger partial charge < -0.3 is 5.11 Å². The molecule has 0 amide bonds. The first-order chi connectivity index (χ1) is 10.7. The summed E-state index contributed by atoms with van der Waals surface area (Å²) in [7, 11) is 0. The lowest BCUT2D eigenvalue weighted by atomic mass is 10.1. The molecule has 0 aliphatic rings. The van der Waals surface area contributed by atoms with Crippen LogP contribution in [0.15, 0.2) is 76.7 Å². The minimum atomic E-state index is -0.947. The summed E-state index contributed by atoms with van der Waals surface area (Å²) < 4.78 is 0. The Morgan fingerprint density at radius 2 is 1.59 bits per heavy atom.